The van der Waals surface area contributed by atoms with E-state index in [0.717, 1.165) is 49.2 Å². The highest BCUT2D eigenvalue weighted by atomic mass is 79.9. The van der Waals surface area contributed by atoms with E-state index in [9.17, 15) is 4.79 Å². The zero-order valence-corrected chi connectivity index (χ0v) is 28.0. The van der Waals surface area contributed by atoms with Crippen molar-refractivity contribution < 1.29 is 14.3 Å². The molecule has 0 spiro atoms. The number of anilines is 1. The van der Waals surface area contributed by atoms with Gasteiger partial charge in [0.05, 0.1) is 27.9 Å². The van der Waals surface area contributed by atoms with Crippen LogP contribution in [0.3, 0.4) is 0 Å². The average Bonchev–Trinajstić information content (AvgIpc) is 3.28. The quantitative estimate of drug-likeness (QED) is 0.180. The lowest BCUT2D eigenvalue weighted by Gasteiger charge is -2.19. The molecule has 0 atom stereocenters. The predicted molar refractivity (Wildman–Crippen MR) is 181 cm³/mol. The average molecular weight is 707 g/mol. The van der Waals surface area contributed by atoms with Crippen LogP contribution in [0.4, 0.5) is 11.4 Å². The Hall–Kier alpha value is -3.33. The molecule has 1 aliphatic rings. The first-order chi connectivity index (χ1) is 20.2. The van der Waals surface area contributed by atoms with E-state index in [1.54, 1.807) is 12.0 Å². The van der Waals surface area contributed by atoms with Crippen molar-refractivity contribution in [3.05, 3.63) is 120 Å². The van der Waals surface area contributed by atoms with Crippen LogP contribution in [-0.2, 0) is 11.4 Å². The van der Waals surface area contributed by atoms with Crippen LogP contribution in [0.25, 0.3) is 6.08 Å². The molecule has 0 bridgehead atoms. The highest BCUT2D eigenvalue weighted by Gasteiger charge is 2.36. The number of carbonyl (C=O) groups excluding carboxylic acids is 1. The number of hydrogen-bond donors (Lipinski definition) is 0. The van der Waals surface area contributed by atoms with Crippen molar-refractivity contribution >= 4 is 72.1 Å². The van der Waals surface area contributed by atoms with E-state index in [2.05, 4.69) is 51.8 Å². The molecular formula is C34H30Br2N2O3S. The molecule has 5 rings (SSSR count). The third-order valence-corrected chi connectivity index (χ3v) is 10.4. The summed E-state index contributed by atoms with van der Waals surface area (Å²) >= 11 is 8.77. The molecule has 42 heavy (non-hydrogen) atoms. The third-order valence-electron chi connectivity index (χ3n) is 7.30. The fourth-order valence-electron chi connectivity index (χ4n) is 4.57. The molecule has 0 aromatic heterocycles. The summed E-state index contributed by atoms with van der Waals surface area (Å²) in [6, 6.07) is 23.9. The molecule has 0 aliphatic carbocycles. The minimum Gasteiger partial charge on any atom is -0.493 e. The van der Waals surface area contributed by atoms with E-state index in [4.69, 9.17) is 14.5 Å². The lowest BCUT2D eigenvalue weighted by Crippen LogP contribution is -2.29. The smallest absolute Gasteiger partial charge is 0.271 e. The number of methoxy groups -OCH3 is 1. The zero-order chi connectivity index (χ0) is 30.0. The third kappa shape index (κ3) is 6.07. The van der Waals surface area contributed by atoms with Gasteiger partial charge in [0.15, 0.2) is 16.7 Å². The zero-order valence-electron chi connectivity index (χ0n) is 24.0. The van der Waals surface area contributed by atoms with Gasteiger partial charge in [-0.1, -0.05) is 54.6 Å². The maximum absolute atomic E-state index is 14.1. The van der Waals surface area contributed by atoms with Crippen LogP contribution < -0.4 is 14.4 Å². The topological polar surface area (TPSA) is 51.1 Å². The van der Waals surface area contributed by atoms with Gasteiger partial charge in [0.2, 0.25) is 0 Å². The Bertz CT molecular complexity index is 1730. The van der Waals surface area contributed by atoms with Gasteiger partial charge < -0.3 is 9.47 Å². The van der Waals surface area contributed by atoms with Gasteiger partial charge in [-0.15, -0.1) is 0 Å². The summed E-state index contributed by atoms with van der Waals surface area (Å²) in [7, 11) is 1.61. The van der Waals surface area contributed by atoms with E-state index in [-0.39, 0.29) is 5.91 Å². The molecule has 0 radical (unpaired) electrons. The fraction of sp³-hybridized carbons (Fsp3) is 0.176. The predicted octanol–water partition coefficient (Wildman–Crippen LogP) is 9.84. The number of aliphatic imine (C=N–C) groups is 1. The number of thioether (sulfide) groups is 1. The molecule has 214 valence electrons. The Kier molecular flexibility index (Phi) is 9.25. The molecule has 1 aliphatic heterocycles. The summed E-state index contributed by atoms with van der Waals surface area (Å²) in [6.07, 6.45) is 1.87. The standard InChI is InChI=1S/C34H30Br2N2O3S/c1-20-11-9-15-26(22(20)3)37-34-38(27-16-10-12-21(2)23(27)4)33(39)29(42-34)18-25-17-28(40-5)32(31(36)30(25)35)41-19-24-13-7-6-8-14-24/h6-18H,19H2,1-5H3/b29-18+,37-34?. The van der Waals surface area contributed by atoms with Crippen LogP contribution in [0.15, 0.2) is 91.6 Å². The molecule has 5 nitrogen and oxygen atoms in total. The van der Waals surface area contributed by atoms with Gasteiger partial charge in [0, 0.05) is 4.47 Å². The van der Waals surface area contributed by atoms with Crippen LogP contribution in [-0.4, -0.2) is 18.2 Å². The van der Waals surface area contributed by atoms with Crippen molar-refractivity contribution in [1.82, 2.24) is 0 Å². The first-order valence-corrected chi connectivity index (χ1v) is 15.8. The van der Waals surface area contributed by atoms with Gasteiger partial charge in [0.25, 0.3) is 5.91 Å². The summed E-state index contributed by atoms with van der Waals surface area (Å²) < 4.78 is 13.3. The molecule has 8 heteroatoms. The van der Waals surface area contributed by atoms with Crippen molar-refractivity contribution in [1.29, 1.82) is 0 Å². The fourth-order valence-corrected chi connectivity index (χ4v) is 6.49. The van der Waals surface area contributed by atoms with E-state index in [0.29, 0.717) is 32.7 Å². The van der Waals surface area contributed by atoms with Gasteiger partial charge >= 0.3 is 0 Å². The second-order valence-corrected chi connectivity index (χ2v) is 12.6. The number of halogens is 2. The van der Waals surface area contributed by atoms with Crippen LogP contribution in [0.1, 0.15) is 33.4 Å². The highest BCUT2D eigenvalue weighted by molar-refractivity contribution is 9.13. The van der Waals surface area contributed by atoms with Crippen molar-refractivity contribution in [3.8, 4) is 11.5 Å². The number of rotatable bonds is 7. The largest absolute Gasteiger partial charge is 0.493 e. The maximum Gasteiger partial charge on any atom is 0.271 e. The summed E-state index contributed by atoms with van der Waals surface area (Å²) in [5.74, 6) is 0.998. The van der Waals surface area contributed by atoms with Gasteiger partial charge in [-0.3, -0.25) is 9.69 Å². The minimum absolute atomic E-state index is 0.135. The molecule has 4 aromatic carbocycles. The van der Waals surface area contributed by atoms with E-state index in [1.165, 1.54) is 11.8 Å². The number of benzene rings is 4. The van der Waals surface area contributed by atoms with E-state index < -0.39 is 0 Å². The van der Waals surface area contributed by atoms with Crippen LogP contribution in [0.5, 0.6) is 11.5 Å². The lowest BCUT2D eigenvalue weighted by atomic mass is 10.1. The number of ether oxygens (including phenoxy) is 2. The highest BCUT2D eigenvalue weighted by Crippen LogP contribution is 2.46. The summed E-state index contributed by atoms with van der Waals surface area (Å²) in [5.41, 5.74) is 7.85. The molecule has 1 amide bonds. The monoisotopic (exact) mass is 704 g/mol. The van der Waals surface area contributed by atoms with Gasteiger partial charge in [-0.25, -0.2) is 4.99 Å². The molecule has 1 fully saturated rings. The molecule has 0 saturated carbocycles. The van der Waals surface area contributed by atoms with E-state index in [1.807, 2.05) is 86.7 Å². The second kappa shape index (κ2) is 12.9. The Balaban J connectivity index is 1.57. The summed E-state index contributed by atoms with van der Waals surface area (Å²) in [4.78, 5) is 21.4. The van der Waals surface area contributed by atoms with Gasteiger partial charge in [0.1, 0.15) is 6.61 Å². The SMILES string of the molecule is COc1cc(/C=C2/SC(=Nc3cccc(C)c3C)N(c3cccc(C)c3C)C2=O)c(Br)c(Br)c1OCc1ccccc1. The van der Waals surface area contributed by atoms with Gasteiger partial charge in [-0.2, -0.15) is 0 Å². The number of hydrogen-bond acceptors (Lipinski definition) is 5. The van der Waals surface area contributed by atoms with E-state index >= 15 is 0 Å². The number of amides is 1. The number of amidine groups is 1. The Labute approximate surface area is 267 Å². The van der Waals surface area contributed by atoms with Crippen LogP contribution in [0, 0.1) is 27.7 Å². The number of aryl methyl sites for hydroxylation is 2. The number of nitrogens with zero attached hydrogens (tertiary/aromatic N) is 2. The van der Waals surface area contributed by atoms with Crippen LogP contribution in [0.2, 0.25) is 0 Å². The molecule has 4 aromatic rings. The van der Waals surface area contributed by atoms with Crippen molar-refractivity contribution in [2.45, 2.75) is 34.3 Å². The first-order valence-electron chi connectivity index (χ1n) is 13.4. The second-order valence-electron chi connectivity index (χ2n) is 9.98. The lowest BCUT2D eigenvalue weighted by molar-refractivity contribution is -0.113. The normalized spacial score (nSPS) is 15.1. The summed E-state index contributed by atoms with van der Waals surface area (Å²) in [5, 5.41) is 0.610. The minimum atomic E-state index is -0.135. The Morgan fingerprint density at radius 3 is 2.29 bits per heavy atom. The first kappa shape index (κ1) is 30.1. The number of carbonyl (C=O) groups is 1. The summed E-state index contributed by atoms with van der Waals surface area (Å²) in [6.45, 7) is 8.59. The molecule has 0 N–H and O–H groups in total. The van der Waals surface area contributed by atoms with Crippen molar-refractivity contribution in [2.24, 2.45) is 4.99 Å². The van der Waals surface area contributed by atoms with Gasteiger partial charge in [-0.05, 0) is 129 Å². The molecular weight excluding hydrogens is 676 g/mol. The molecule has 0 unspecified atom stereocenters. The molecule has 1 saturated heterocycles. The Morgan fingerprint density at radius 2 is 1.57 bits per heavy atom. The maximum atomic E-state index is 14.1. The van der Waals surface area contributed by atoms with Crippen molar-refractivity contribution in [3.63, 3.8) is 0 Å². The van der Waals surface area contributed by atoms with Crippen molar-refractivity contribution in [2.75, 3.05) is 12.0 Å². The van der Waals surface area contributed by atoms with Crippen LogP contribution >= 0.6 is 43.6 Å². The Morgan fingerprint density at radius 1 is 0.881 bits per heavy atom. The molecule has 1 heterocycles.